The van der Waals surface area contributed by atoms with E-state index in [1.165, 1.54) is 11.3 Å². The smallest absolute Gasteiger partial charge is 0.235 e. The fraction of sp³-hybridized carbons (Fsp3) is 0.636. The largest absolute Gasteiger partial charge is 0.375 e. The molecule has 1 aromatic rings. The van der Waals surface area contributed by atoms with Crippen LogP contribution in [-0.4, -0.2) is 34.1 Å². The van der Waals surface area contributed by atoms with E-state index < -0.39 is 0 Å². The second kappa shape index (κ2) is 5.27. The Labute approximate surface area is 110 Å². The minimum absolute atomic E-state index is 0.0494. The molecule has 0 aliphatic carbocycles. The summed E-state index contributed by atoms with van der Waals surface area (Å²) in [6, 6.07) is 0. The Morgan fingerprint density at radius 3 is 2.71 bits per heavy atom. The summed E-state index contributed by atoms with van der Waals surface area (Å²) in [6.07, 6.45) is 2.27. The Morgan fingerprint density at radius 1 is 1.53 bits per heavy atom. The molecule has 0 radical (unpaired) electrons. The first-order valence-corrected chi connectivity index (χ1v) is 7.46. The minimum atomic E-state index is -0.0494. The van der Waals surface area contributed by atoms with Crippen LogP contribution in [0.1, 0.15) is 25.5 Å². The Kier molecular flexibility index (Phi) is 3.93. The summed E-state index contributed by atoms with van der Waals surface area (Å²) >= 11 is 3.03. The fourth-order valence-electron chi connectivity index (χ4n) is 1.92. The van der Waals surface area contributed by atoms with Crippen LogP contribution in [0.5, 0.6) is 0 Å². The molecule has 1 aliphatic rings. The van der Waals surface area contributed by atoms with Crippen molar-refractivity contribution < 1.29 is 4.79 Å². The maximum Gasteiger partial charge on any atom is 0.235 e. The molecule has 1 aromatic heterocycles. The normalized spacial score (nSPS) is 17.4. The van der Waals surface area contributed by atoms with Crippen LogP contribution in [0, 0.1) is 6.92 Å². The van der Waals surface area contributed by atoms with Crippen LogP contribution < -0.4 is 5.73 Å². The zero-order valence-corrected chi connectivity index (χ0v) is 11.7. The maximum atomic E-state index is 12.1. The van der Waals surface area contributed by atoms with Crippen LogP contribution in [0.4, 0.5) is 5.13 Å². The predicted molar refractivity (Wildman–Crippen MR) is 72.4 cm³/mol. The summed E-state index contributed by atoms with van der Waals surface area (Å²) < 4.78 is 1.06. The summed E-state index contributed by atoms with van der Waals surface area (Å²) in [7, 11) is 0. The third-order valence-electron chi connectivity index (χ3n) is 2.82. The highest BCUT2D eigenvalue weighted by Gasteiger charge is 2.25. The van der Waals surface area contributed by atoms with Gasteiger partial charge in [0.2, 0.25) is 5.91 Å². The molecule has 94 valence electrons. The van der Waals surface area contributed by atoms with Gasteiger partial charge in [-0.3, -0.25) is 4.79 Å². The first kappa shape index (κ1) is 12.7. The van der Waals surface area contributed by atoms with Gasteiger partial charge in [-0.25, -0.2) is 4.98 Å². The summed E-state index contributed by atoms with van der Waals surface area (Å²) in [6.45, 7) is 5.71. The monoisotopic (exact) mass is 271 g/mol. The second-order valence-electron chi connectivity index (χ2n) is 4.22. The second-order valence-corrected chi connectivity index (χ2v) is 6.86. The molecule has 17 heavy (non-hydrogen) atoms. The lowest BCUT2D eigenvalue weighted by Gasteiger charge is -2.19. The molecule has 1 fully saturated rings. The van der Waals surface area contributed by atoms with Crippen molar-refractivity contribution in [3.8, 4) is 0 Å². The highest BCUT2D eigenvalue weighted by atomic mass is 32.2. The van der Waals surface area contributed by atoms with Gasteiger partial charge in [0.25, 0.3) is 0 Å². The zero-order valence-electron chi connectivity index (χ0n) is 10.1. The third-order valence-corrected chi connectivity index (χ3v) is 5.20. The number of thiazole rings is 1. The highest BCUT2D eigenvalue weighted by Crippen LogP contribution is 2.34. The number of anilines is 1. The number of thioether (sulfide) groups is 1. The predicted octanol–water partition coefficient (Wildman–Crippen LogP) is 2.14. The lowest BCUT2D eigenvalue weighted by atomic mass is 10.4. The maximum absolute atomic E-state index is 12.1. The summed E-state index contributed by atoms with van der Waals surface area (Å²) in [5.74, 6) is 0.235. The molecule has 0 spiro atoms. The number of aromatic nitrogens is 1. The number of aryl methyl sites for hydroxylation is 1. The van der Waals surface area contributed by atoms with Gasteiger partial charge in [0.1, 0.15) is 0 Å². The van der Waals surface area contributed by atoms with Gasteiger partial charge in [-0.2, -0.15) is 0 Å². The number of nitrogens with two attached hydrogens (primary N) is 1. The van der Waals surface area contributed by atoms with Crippen molar-refractivity contribution >= 4 is 34.1 Å². The van der Waals surface area contributed by atoms with Gasteiger partial charge in [-0.15, -0.1) is 11.8 Å². The van der Waals surface area contributed by atoms with E-state index in [4.69, 9.17) is 5.73 Å². The fourth-order valence-corrected chi connectivity index (χ4v) is 4.15. The molecule has 6 heteroatoms. The molecule has 1 aliphatic heterocycles. The molecular formula is C11H17N3OS2. The van der Waals surface area contributed by atoms with Gasteiger partial charge in [-0.05, 0) is 26.7 Å². The van der Waals surface area contributed by atoms with Gasteiger partial charge < -0.3 is 10.6 Å². The zero-order chi connectivity index (χ0) is 12.4. The lowest BCUT2D eigenvalue weighted by molar-refractivity contribution is -0.129. The quantitative estimate of drug-likeness (QED) is 0.856. The number of amides is 1. The Morgan fingerprint density at radius 2 is 2.18 bits per heavy atom. The summed E-state index contributed by atoms with van der Waals surface area (Å²) in [4.78, 5) is 18.3. The van der Waals surface area contributed by atoms with Crippen molar-refractivity contribution in [2.24, 2.45) is 0 Å². The molecular weight excluding hydrogens is 254 g/mol. The first-order chi connectivity index (χ1) is 8.08. The van der Waals surface area contributed by atoms with E-state index in [1.807, 2.05) is 18.7 Å². The molecule has 1 unspecified atom stereocenters. The van der Waals surface area contributed by atoms with E-state index in [2.05, 4.69) is 4.98 Å². The lowest BCUT2D eigenvalue weighted by Crippen LogP contribution is -2.33. The van der Waals surface area contributed by atoms with Crippen molar-refractivity contribution in [1.82, 2.24) is 9.88 Å². The average molecular weight is 271 g/mol. The van der Waals surface area contributed by atoms with Crippen LogP contribution >= 0.6 is 23.1 Å². The molecule has 1 amide bonds. The van der Waals surface area contributed by atoms with E-state index in [0.717, 1.165) is 35.8 Å². The van der Waals surface area contributed by atoms with Crippen molar-refractivity contribution in [1.29, 1.82) is 0 Å². The average Bonchev–Trinajstić information content (AvgIpc) is 2.88. The van der Waals surface area contributed by atoms with Gasteiger partial charge in [-0.1, -0.05) is 11.3 Å². The summed E-state index contributed by atoms with van der Waals surface area (Å²) in [5.41, 5.74) is 6.58. The van der Waals surface area contributed by atoms with E-state index in [9.17, 15) is 4.79 Å². The van der Waals surface area contributed by atoms with Crippen molar-refractivity contribution in [2.75, 3.05) is 18.8 Å². The Hall–Kier alpha value is -0.750. The number of likely N-dealkylation sites (tertiary alicyclic amines) is 1. The topological polar surface area (TPSA) is 59.2 Å². The molecule has 0 saturated carbocycles. The Bertz CT molecular complexity index is 413. The van der Waals surface area contributed by atoms with Crippen LogP contribution in [-0.2, 0) is 4.79 Å². The van der Waals surface area contributed by atoms with Crippen molar-refractivity contribution in [2.45, 2.75) is 36.1 Å². The molecule has 1 saturated heterocycles. The molecule has 1 atom stereocenters. The van der Waals surface area contributed by atoms with Crippen LogP contribution in [0.15, 0.2) is 4.21 Å². The van der Waals surface area contributed by atoms with E-state index in [1.54, 1.807) is 11.8 Å². The van der Waals surface area contributed by atoms with Gasteiger partial charge in [0, 0.05) is 13.1 Å². The molecule has 4 nitrogen and oxygen atoms in total. The number of hydrogen-bond acceptors (Lipinski definition) is 5. The number of nitrogen functional groups attached to an aromatic ring is 1. The number of carbonyl (C=O) groups is 1. The first-order valence-electron chi connectivity index (χ1n) is 5.76. The highest BCUT2D eigenvalue weighted by molar-refractivity contribution is 8.02. The molecule has 0 bridgehead atoms. The molecule has 2 N–H and O–H groups in total. The number of hydrogen-bond donors (Lipinski definition) is 1. The standard InChI is InChI=1S/C11H17N3OS2/c1-7-10(17-11(12)13-7)16-8(2)9(15)14-5-3-4-6-14/h8H,3-6H2,1-2H3,(H2,12,13). The number of rotatable bonds is 3. The van der Waals surface area contributed by atoms with Crippen molar-refractivity contribution in [3.05, 3.63) is 5.69 Å². The van der Waals surface area contributed by atoms with Crippen LogP contribution in [0.25, 0.3) is 0 Å². The molecule has 0 aromatic carbocycles. The van der Waals surface area contributed by atoms with E-state index in [0.29, 0.717) is 5.13 Å². The van der Waals surface area contributed by atoms with Crippen molar-refractivity contribution in [3.63, 3.8) is 0 Å². The van der Waals surface area contributed by atoms with Crippen LogP contribution in [0.3, 0.4) is 0 Å². The Balaban J connectivity index is 1.98. The minimum Gasteiger partial charge on any atom is -0.375 e. The molecule has 2 rings (SSSR count). The van der Waals surface area contributed by atoms with Gasteiger partial charge >= 0.3 is 0 Å². The number of carbonyl (C=O) groups excluding carboxylic acids is 1. The third kappa shape index (κ3) is 2.93. The van der Waals surface area contributed by atoms with Gasteiger partial charge in [0.15, 0.2) is 5.13 Å². The van der Waals surface area contributed by atoms with E-state index >= 15 is 0 Å². The van der Waals surface area contributed by atoms with Crippen LogP contribution in [0.2, 0.25) is 0 Å². The van der Waals surface area contributed by atoms with E-state index in [-0.39, 0.29) is 11.2 Å². The number of nitrogens with zero attached hydrogens (tertiary/aromatic N) is 2. The molecule has 2 heterocycles. The van der Waals surface area contributed by atoms with Gasteiger partial charge in [0.05, 0.1) is 15.2 Å². The SMILES string of the molecule is Cc1nc(N)sc1SC(C)C(=O)N1CCCC1. The summed E-state index contributed by atoms with van der Waals surface area (Å²) in [5, 5.41) is 0.525.